The van der Waals surface area contributed by atoms with Gasteiger partial charge in [0.1, 0.15) is 11.4 Å². The largest absolute Gasteiger partial charge is 0.507 e. The van der Waals surface area contributed by atoms with Gasteiger partial charge in [0.2, 0.25) is 0 Å². The maximum Gasteiger partial charge on any atom is 0.271 e. The third-order valence-electron chi connectivity index (χ3n) is 3.29. The van der Waals surface area contributed by atoms with E-state index >= 15 is 0 Å². The third-order valence-corrected chi connectivity index (χ3v) is 3.85. The van der Waals surface area contributed by atoms with Crippen molar-refractivity contribution in [2.24, 2.45) is 5.73 Å². The Bertz CT molecular complexity index is 980. The molecule has 0 saturated carbocycles. The lowest BCUT2D eigenvalue weighted by Gasteiger charge is -2.07. The Labute approximate surface area is 138 Å². The molecule has 0 aliphatic carbocycles. The van der Waals surface area contributed by atoms with Crippen molar-refractivity contribution < 1.29 is 24.5 Å². The fourth-order valence-electron chi connectivity index (χ4n) is 2.27. The molecular weight excluding hydrogens is 338 g/mol. The number of primary amides is 1. The van der Waals surface area contributed by atoms with Gasteiger partial charge in [-0.2, -0.15) is 0 Å². The van der Waals surface area contributed by atoms with Crippen LogP contribution in [0.3, 0.4) is 0 Å². The van der Waals surface area contributed by atoms with E-state index in [1.165, 1.54) is 6.07 Å². The first kappa shape index (κ1) is 16.1. The van der Waals surface area contributed by atoms with Crippen molar-refractivity contribution in [2.75, 3.05) is 0 Å². The van der Waals surface area contributed by atoms with Crippen molar-refractivity contribution in [1.82, 2.24) is 9.78 Å². The Morgan fingerprint density at radius 1 is 1.25 bits per heavy atom. The maximum atomic E-state index is 12.0. The van der Waals surface area contributed by atoms with E-state index in [-0.39, 0.29) is 11.4 Å². The van der Waals surface area contributed by atoms with E-state index in [9.17, 15) is 14.7 Å². The molecule has 24 heavy (non-hydrogen) atoms. The predicted molar refractivity (Wildman–Crippen MR) is 84.7 cm³/mol. The van der Waals surface area contributed by atoms with Crippen LogP contribution in [0.5, 0.6) is 5.75 Å². The number of H-pyrrole nitrogens is 1. The number of hydrogen-bond donors (Lipinski definition) is 4. The average Bonchev–Trinajstić information content (AvgIpc) is 2.94. The zero-order chi connectivity index (χ0) is 17.3. The standard InChI is InChI=1S/C14H11N3O6S/c15-14(20)11-6-13(19)17(16-11)8-1-2-10-7(3-8)4-9(5-12(10)18)24-23-22-21/h1-6,16,18,21H,(H2,15,20). The van der Waals surface area contributed by atoms with Gasteiger partial charge in [-0.25, -0.2) is 9.94 Å². The maximum absolute atomic E-state index is 12.0. The van der Waals surface area contributed by atoms with Crippen LogP contribution in [0.4, 0.5) is 0 Å². The molecule has 0 atom stereocenters. The van der Waals surface area contributed by atoms with Crippen LogP contribution < -0.4 is 11.3 Å². The van der Waals surface area contributed by atoms with Crippen molar-refractivity contribution in [2.45, 2.75) is 4.90 Å². The van der Waals surface area contributed by atoms with Gasteiger partial charge in [-0.15, -0.1) is 4.33 Å². The second-order valence-corrected chi connectivity index (χ2v) is 5.56. The zero-order valence-electron chi connectivity index (χ0n) is 11.9. The number of phenols is 1. The third kappa shape index (κ3) is 2.98. The number of aromatic nitrogens is 2. The number of rotatable bonds is 5. The summed E-state index contributed by atoms with van der Waals surface area (Å²) in [5.41, 5.74) is 5.13. The Morgan fingerprint density at radius 3 is 2.71 bits per heavy atom. The number of benzene rings is 2. The number of aromatic amines is 1. The summed E-state index contributed by atoms with van der Waals surface area (Å²) >= 11 is 0.693. The fraction of sp³-hybridized carbons (Fsp3) is 0. The molecule has 124 valence electrons. The van der Waals surface area contributed by atoms with Crippen LogP contribution in [0, 0.1) is 0 Å². The monoisotopic (exact) mass is 349 g/mol. The summed E-state index contributed by atoms with van der Waals surface area (Å²) in [7, 11) is 0. The van der Waals surface area contributed by atoms with E-state index in [2.05, 4.69) is 14.5 Å². The first-order valence-electron chi connectivity index (χ1n) is 6.53. The van der Waals surface area contributed by atoms with Crippen LogP contribution in [-0.2, 0) is 9.37 Å². The van der Waals surface area contributed by atoms with Gasteiger partial charge < -0.3 is 10.8 Å². The first-order valence-corrected chi connectivity index (χ1v) is 7.27. The van der Waals surface area contributed by atoms with Gasteiger partial charge in [-0.3, -0.25) is 14.7 Å². The summed E-state index contributed by atoms with van der Waals surface area (Å²) in [6, 6.07) is 9.03. The summed E-state index contributed by atoms with van der Waals surface area (Å²) in [6.45, 7) is 0. The Morgan fingerprint density at radius 2 is 2.04 bits per heavy atom. The van der Waals surface area contributed by atoms with Gasteiger partial charge in [0.15, 0.2) is 0 Å². The molecule has 5 N–H and O–H groups in total. The molecule has 0 radical (unpaired) electrons. The molecule has 1 aromatic heterocycles. The van der Waals surface area contributed by atoms with Gasteiger partial charge in [0, 0.05) is 16.3 Å². The van der Waals surface area contributed by atoms with E-state index in [0.29, 0.717) is 33.4 Å². The van der Waals surface area contributed by atoms with Crippen molar-refractivity contribution in [1.29, 1.82) is 0 Å². The average molecular weight is 349 g/mol. The van der Waals surface area contributed by atoms with Crippen molar-refractivity contribution >= 4 is 28.7 Å². The lowest BCUT2D eigenvalue weighted by Crippen LogP contribution is -2.14. The van der Waals surface area contributed by atoms with Gasteiger partial charge in [0.25, 0.3) is 11.5 Å². The fourth-order valence-corrected chi connectivity index (χ4v) is 2.71. The van der Waals surface area contributed by atoms with E-state index in [4.69, 9.17) is 11.0 Å². The van der Waals surface area contributed by atoms with Crippen LogP contribution in [0.25, 0.3) is 16.5 Å². The van der Waals surface area contributed by atoms with E-state index < -0.39 is 11.5 Å². The molecule has 0 unspecified atom stereocenters. The molecule has 0 aliphatic rings. The van der Waals surface area contributed by atoms with Gasteiger partial charge in [0.05, 0.1) is 17.7 Å². The molecule has 0 bridgehead atoms. The number of nitrogens with zero attached hydrogens (tertiary/aromatic N) is 1. The summed E-state index contributed by atoms with van der Waals surface area (Å²) in [5.74, 6) is -0.760. The second kappa shape index (κ2) is 6.37. The highest BCUT2D eigenvalue weighted by molar-refractivity contribution is 7.94. The predicted octanol–water partition coefficient (Wildman–Crippen LogP) is 1.55. The lowest BCUT2D eigenvalue weighted by molar-refractivity contribution is -0.432. The highest BCUT2D eigenvalue weighted by Crippen LogP contribution is 2.32. The van der Waals surface area contributed by atoms with E-state index in [1.54, 1.807) is 24.3 Å². The number of nitrogens with two attached hydrogens (primary N) is 1. The first-order chi connectivity index (χ1) is 11.5. The minimum atomic E-state index is -0.746. The summed E-state index contributed by atoms with van der Waals surface area (Å²) in [4.78, 5) is 23.6. The van der Waals surface area contributed by atoms with Crippen molar-refractivity contribution in [3.8, 4) is 11.4 Å². The molecular formula is C14H11N3O6S. The molecule has 3 rings (SSSR count). The minimum absolute atomic E-state index is 0.0132. The molecule has 0 spiro atoms. The van der Waals surface area contributed by atoms with Gasteiger partial charge >= 0.3 is 0 Å². The molecule has 1 heterocycles. The lowest BCUT2D eigenvalue weighted by atomic mass is 10.1. The minimum Gasteiger partial charge on any atom is -0.507 e. The zero-order valence-corrected chi connectivity index (χ0v) is 12.7. The Balaban J connectivity index is 2.10. The Kier molecular flexibility index (Phi) is 4.27. The van der Waals surface area contributed by atoms with Crippen LogP contribution >= 0.6 is 12.0 Å². The number of amides is 1. The van der Waals surface area contributed by atoms with Crippen LogP contribution in [0.2, 0.25) is 0 Å². The molecule has 0 aliphatic heterocycles. The SMILES string of the molecule is NC(=O)c1cc(=O)n(-c2ccc3c(O)cc(SOOO)cc3c2)[nH]1. The second-order valence-electron chi connectivity index (χ2n) is 4.78. The van der Waals surface area contributed by atoms with Gasteiger partial charge in [-0.1, -0.05) is 5.04 Å². The number of carbonyl (C=O) groups is 1. The summed E-state index contributed by atoms with van der Waals surface area (Å²) < 4.78 is 5.49. The number of fused-ring (bicyclic) bond motifs is 1. The van der Waals surface area contributed by atoms with Crippen LogP contribution in [0.15, 0.2) is 46.1 Å². The van der Waals surface area contributed by atoms with E-state index in [1.807, 2.05) is 0 Å². The molecule has 0 saturated heterocycles. The van der Waals surface area contributed by atoms with Crippen LogP contribution in [0.1, 0.15) is 10.5 Å². The molecule has 2 aromatic carbocycles. The topological polar surface area (TPSA) is 140 Å². The number of aromatic hydroxyl groups is 1. The number of nitrogens with one attached hydrogen (secondary N) is 1. The molecule has 3 aromatic rings. The highest BCUT2D eigenvalue weighted by Gasteiger charge is 2.11. The smallest absolute Gasteiger partial charge is 0.271 e. The number of carbonyl (C=O) groups excluding carboxylic acids is 1. The Hall–Kier alpha value is -2.79. The number of phenolic OH excluding ortho intramolecular Hbond substituents is 1. The van der Waals surface area contributed by atoms with E-state index in [0.717, 1.165) is 10.7 Å². The quantitative estimate of drug-likeness (QED) is 0.311. The molecule has 10 heteroatoms. The summed E-state index contributed by atoms with van der Waals surface area (Å²) in [6.07, 6.45) is 0. The van der Waals surface area contributed by atoms with Crippen molar-refractivity contribution in [3.63, 3.8) is 0 Å². The summed E-state index contributed by atoms with van der Waals surface area (Å²) in [5, 5.41) is 25.5. The number of hydrogen-bond acceptors (Lipinski definition) is 7. The molecule has 9 nitrogen and oxygen atoms in total. The molecule has 0 fully saturated rings. The van der Waals surface area contributed by atoms with Gasteiger partial charge in [-0.05, 0) is 35.7 Å². The molecule has 1 amide bonds. The normalized spacial score (nSPS) is 11.0. The van der Waals surface area contributed by atoms with Crippen molar-refractivity contribution in [3.05, 3.63) is 52.4 Å². The highest BCUT2D eigenvalue weighted by atomic mass is 32.2. The van der Waals surface area contributed by atoms with Crippen LogP contribution in [-0.4, -0.2) is 26.1 Å².